The number of carbonyl (C=O) groups is 1. The summed E-state index contributed by atoms with van der Waals surface area (Å²) in [6.45, 7) is 2.87. The van der Waals surface area contributed by atoms with Gasteiger partial charge in [-0.2, -0.15) is 0 Å². The summed E-state index contributed by atoms with van der Waals surface area (Å²) in [7, 11) is 1.81. The second-order valence-electron chi connectivity index (χ2n) is 8.67. The van der Waals surface area contributed by atoms with Crippen molar-refractivity contribution in [2.45, 2.75) is 31.4 Å². The van der Waals surface area contributed by atoms with Crippen LogP contribution in [0.3, 0.4) is 0 Å². The molecule has 1 aliphatic carbocycles. The largest absolute Gasteiger partial charge is 0.373 e. The number of pyridine rings is 1. The minimum atomic E-state index is -0.495. The first-order valence-electron chi connectivity index (χ1n) is 10.7. The van der Waals surface area contributed by atoms with E-state index in [2.05, 4.69) is 45.3 Å². The van der Waals surface area contributed by atoms with E-state index in [1.807, 2.05) is 19.2 Å². The van der Waals surface area contributed by atoms with Crippen molar-refractivity contribution in [2.24, 2.45) is 17.6 Å². The van der Waals surface area contributed by atoms with Crippen LogP contribution in [0.5, 0.6) is 0 Å². The number of nitrogens with zero attached hydrogens (tertiary/aromatic N) is 2. The van der Waals surface area contributed by atoms with E-state index in [-0.39, 0.29) is 18.0 Å². The number of carbonyl (C=O) groups excluding carboxylic acids is 1. The molecule has 0 radical (unpaired) electrons. The van der Waals surface area contributed by atoms with Crippen LogP contribution in [-0.4, -0.2) is 41.0 Å². The molecule has 0 spiro atoms. The van der Waals surface area contributed by atoms with Gasteiger partial charge in [0, 0.05) is 61.9 Å². The lowest BCUT2D eigenvalue weighted by Crippen LogP contribution is -2.58. The highest BCUT2D eigenvalue weighted by atomic mass is 35.5. The van der Waals surface area contributed by atoms with Crippen LogP contribution in [0, 0.1) is 11.8 Å². The number of hydrogen-bond acceptors (Lipinski definition) is 4. The number of fused-ring (bicyclic) bond motifs is 3. The van der Waals surface area contributed by atoms with Crippen molar-refractivity contribution in [1.82, 2.24) is 14.9 Å². The Hall–Kier alpha value is -2.41. The van der Waals surface area contributed by atoms with Crippen molar-refractivity contribution in [1.29, 1.82) is 0 Å². The van der Waals surface area contributed by atoms with Gasteiger partial charge in [-0.15, -0.1) is 12.4 Å². The van der Waals surface area contributed by atoms with Gasteiger partial charge in [0.05, 0.1) is 0 Å². The number of piperidine rings is 1. The molecule has 2 bridgehead atoms. The van der Waals surface area contributed by atoms with Crippen LogP contribution >= 0.6 is 12.4 Å². The molecule has 7 heteroatoms. The van der Waals surface area contributed by atoms with Crippen LogP contribution in [0.25, 0.3) is 10.9 Å². The van der Waals surface area contributed by atoms with Gasteiger partial charge >= 0.3 is 0 Å². The second kappa shape index (κ2) is 8.61. The molecule has 2 aromatic heterocycles. The van der Waals surface area contributed by atoms with Gasteiger partial charge in [-0.25, -0.2) is 0 Å². The molecule has 3 aromatic rings. The van der Waals surface area contributed by atoms with Crippen molar-refractivity contribution in [3.05, 3.63) is 65.6 Å². The molecule has 2 fully saturated rings. The van der Waals surface area contributed by atoms with Crippen LogP contribution < -0.4 is 5.73 Å². The number of nitrogens with one attached hydrogen (secondary N) is 1. The Morgan fingerprint density at radius 1 is 1.26 bits per heavy atom. The first-order valence-corrected chi connectivity index (χ1v) is 10.7. The number of nitrogens with two attached hydrogens (primary N) is 1. The normalized spacial score (nSPS) is 25.8. The molecule has 3 N–H and O–H groups in total. The van der Waals surface area contributed by atoms with E-state index in [1.54, 1.807) is 6.20 Å². The van der Waals surface area contributed by atoms with Crippen LogP contribution in [-0.2, 0) is 16.9 Å². The zero-order valence-corrected chi connectivity index (χ0v) is 18.5. The van der Waals surface area contributed by atoms with Crippen molar-refractivity contribution in [3.63, 3.8) is 0 Å². The van der Waals surface area contributed by atoms with E-state index in [0.29, 0.717) is 17.5 Å². The molecule has 31 heavy (non-hydrogen) atoms. The average molecular weight is 441 g/mol. The number of halogens is 1. The summed E-state index contributed by atoms with van der Waals surface area (Å²) >= 11 is 0. The molecule has 1 saturated carbocycles. The van der Waals surface area contributed by atoms with Gasteiger partial charge in [0.15, 0.2) is 0 Å². The zero-order valence-electron chi connectivity index (χ0n) is 17.7. The summed E-state index contributed by atoms with van der Waals surface area (Å²) in [6.07, 6.45) is 7.27. The van der Waals surface area contributed by atoms with E-state index < -0.39 is 5.91 Å². The highest BCUT2D eigenvalue weighted by molar-refractivity contribution is 5.90. The summed E-state index contributed by atoms with van der Waals surface area (Å²) in [5, 5.41) is 1.30. The Bertz CT molecular complexity index is 1070. The number of ether oxygens (including phenoxy) is 1. The van der Waals surface area contributed by atoms with E-state index >= 15 is 0 Å². The fourth-order valence-corrected chi connectivity index (χ4v) is 5.89. The number of aromatic amines is 1. The number of H-pyrrole nitrogens is 1. The topological polar surface area (TPSA) is 84.2 Å². The van der Waals surface area contributed by atoms with Crippen molar-refractivity contribution >= 4 is 29.2 Å². The predicted octanol–water partition coefficient (Wildman–Crippen LogP) is 3.86. The summed E-state index contributed by atoms with van der Waals surface area (Å²) in [4.78, 5) is 21.8. The highest BCUT2D eigenvalue weighted by Crippen LogP contribution is 2.51. The Labute approximate surface area is 188 Å². The molecule has 1 aromatic carbocycles. The van der Waals surface area contributed by atoms with E-state index in [1.165, 1.54) is 22.9 Å². The minimum absolute atomic E-state index is 0. The molecule has 2 unspecified atom stereocenters. The van der Waals surface area contributed by atoms with Crippen molar-refractivity contribution in [2.75, 3.05) is 20.2 Å². The Balaban J connectivity index is 0.00000231. The Morgan fingerprint density at radius 2 is 2.00 bits per heavy atom. The van der Waals surface area contributed by atoms with Crippen LogP contribution in [0.1, 0.15) is 40.9 Å². The molecule has 1 amide bonds. The molecule has 164 valence electrons. The van der Waals surface area contributed by atoms with E-state index in [9.17, 15) is 4.79 Å². The van der Waals surface area contributed by atoms with E-state index in [0.717, 1.165) is 38.0 Å². The molecule has 1 aliphatic heterocycles. The lowest BCUT2D eigenvalue weighted by atomic mass is 9.62. The van der Waals surface area contributed by atoms with Gasteiger partial charge in [0.2, 0.25) is 0 Å². The summed E-state index contributed by atoms with van der Waals surface area (Å²) in [5.41, 5.74) is 8.99. The third kappa shape index (κ3) is 3.63. The third-order valence-electron chi connectivity index (χ3n) is 7.15. The smallest absolute Gasteiger partial charge is 0.267 e. The minimum Gasteiger partial charge on any atom is -0.373 e. The number of methoxy groups -OCH3 is 1. The highest BCUT2D eigenvalue weighted by Gasteiger charge is 2.53. The number of hydrogen-bond donors (Lipinski definition) is 2. The first-order chi connectivity index (χ1) is 14.6. The van der Waals surface area contributed by atoms with Gasteiger partial charge in [0.1, 0.15) is 11.3 Å². The molecule has 3 heterocycles. The molecule has 2 aliphatic rings. The summed E-state index contributed by atoms with van der Waals surface area (Å²) in [6, 6.07) is 12.3. The monoisotopic (exact) mass is 440 g/mol. The lowest BCUT2D eigenvalue weighted by Gasteiger charge is -2.55. The summed E-state index contributed by atoms with van der Waals surface area (Å²) in [5.74, 6) is 0.233. The lowest BCUT2D eigenvalue weighted by molar-refractivity contribution is -0.170. The van der Waals surface area contributed by atoms with Gasteiger partial charge < -0.3 is 15.5 Å². The van der Waals surface area contributed by atoms with Gasteiger partial charge in [-0.3, -0.25) is 14.7 Å². The fourth-order valence-electron chi connectivity index (χ4n) is 5.89. The fraction of sp³-hybridized carbons (Fsp3) is 0.417. The average Bonchev–Trinajstić information content (AvgIpc) is 3.16. The SMILES string of the molecule is COC1(c2ccnc(C(N)=O)c2)C2CCCC1CN(Cc1c[nH]c3ccccc13)C2.Cl. The predicted molar refractivity (Wildman–Crippen MR) is 123 cm³/mol. The standard InChI is InChI=1S/C24H28N4O2.ClH/c1-30-24(17-9-10-26-22(11-17)23(25)29)18-5-4-6-19(24)15-28(14-18)13-16-12-27-21-8-3-2-7-20(16)21;/h2-3,7-12,18-19,27H,4-6,13-15H2,1H3,(H2,25,29);1H. The van der Waals surface area contributed by atoms with Crippen LogP contribution in [0.15, 0.2) is 48.8 Å². The van der Waals surface area contributed by atoms with Gasteiger partial charge in [0.25, 0.3) is 5.91 Å². The quantitative estimate of drug-likeness (QED) is 0.631. The van der Waals surface area contributed by atoms with Crippen molar-refractivity contribution < 1.29 is 9.53 Å². The number of benzene rings is 1. The maximum absolute atomic E-state index is 11.7. The third-order valence-corrected chi connectivity index (χ3v) is 7.15. The number of aromatic nitrogens is 2. The van der Waals surface area contributed by atoms with Crippen LogP contribution in [0.4, 0.5) is 0 Å². The number of likely N-dealkylation sites (tertiary alicyclic amines) is 1. The number of primary amides is 1. The second-order valence-corrected chi connectivity index (χ2v) is 8.67. The van der Waals surface area contributed by atoms with Gasteiger partial charge in [-0.05, 0) is 42.2 Å². The molecular weight excluding hydrogens is 412 g/mol. The van der Waals surface area contributed by atoms with Crippen molar-refractivity contribution in [3.8, 4) is 0 Å². The van der Waals surface area contributed by atoms with Gasteiger partial charge in [-0.1, -0.05) is 24.6 Å². The van der Waals surface area contributed by atoms with Crippen LogP contribution in [0.2, 0.25) is 0 Å². The molecule has 2 atom stereocenters. The first kappa shape index (κ1) is 21.8. The Morgan fingerprint density at radius 3 is 2.71 bits per heavy atom. The maximum atomic E-state index is 11.7. The Kier molecular flexibility index (Phi) is 6.06. The number of para-hydroxylation sites is 1. The number of amides is 1. The maximum Gasteiger partial charge on any atom is 0.267 e. The zero-order chi connectivity index (χ0) is 20.7. The van der Waals surface area contributed by atoms with E-state index in [4.69, 9.17) is 10.5 Å². The summed E-state index contributed by atoms with van der Waals surface area (Å²) < 4.78 is 6.31. The molecule has 1 saturated heterocycles. The molecule has 5 rings (SSSR count). The molecular formula is C24H29ClN4O2. The molecule has 6 nitrogen and oxygen atoms in total. The number of rotatable bonds is 5.